The number of anilines is 2. The summed E-state index contributed by atoms with van der Waals surface area (Å²) in [6, 6.07) is 7.33. The van der Waals surface area contributed by atoms with E-state index in [-0.39, 0.29) is 11.5 Å². The molecule has 2 aromatic carbocycles. The SMILES string of the molecule is COc1cc(NC(=O)Nc2ccc(F)cc2F)nc2ccc(F)cc12. The molecular weight excluding hydrogens is 335 g/mol. The fraction of sp³-hybridized carbons (Fsp3) is 0.0588. The van der Waals surface area contributed by atoms with Crippen LogP contribution in [0.2, 0.25) is 0 Å². The van der Waals surface area contributed by atoms with Crippen molar-refractivity contribution in [2.45, 2.75) is 0 Å². The van der Waals surface area contributed by atoms with E-state index in [1.807, 2.05) is 0 Å². The van der Waals surface area contributed by atoms with Gasteiger partial charge in [0.2, 0.25) is 0 Å². The van der Waals surface area contributed by atoms with Gasteiger partial charge in [0.15, 0.2) is 0 Å². The van der Waals surface area contributed by atoms with Crippen molar-refractivity contribution in [3.8, 4) is 5.75 Å². The Labute approximate surface area is 140 Å². The molecule has 25 heavy (non-hydrogen) atoms. The number of urea groups is 1. The molecule has 0 atom stereocenters. The van der Waals surface area contributed by atoms with Crippen LogP contribution in [0.5, 0.6) is 5.75 Å². The van der Waals surface area contributed by atoms with Crippen LogP contribution in [-0.2, 0) is 0 Å². The monoisotopic (exact) mass is 347 g/mol. The molecule has 128 valence electrons. The second-order valence-corrected chi connectivity index (χ2v) is 5.07. The van der Waals surface area contributed by atoms with E-state index >= 15 is 0 Å². The number of fused-ring (bicyclic) bond motifs is 1. The van der Waals surface area contributed by atoms with Crippen LogP contribution in [0.3, 0.4) is 0 Å². The number of ether oxygens (including phenoxy) is 1. The molecule has 0 aliphatic rings. The second kappa shape index (κ2) is 6.68. The minimum absolute atomic E-state index is 0.121. The molecule has 3 aromatic rings. The Morgan fingerprint density at radius 3 is 2.44 bits per heavy atom. The predicted molar refractivity (Wildman–Crippen MR) is 87.3 cm³/mol. The van der Waals surface area contributed by atoms with E-state index in [0.29, 0.717) is 22.7 Å². The summed E-state index contributed by atoms with van der Waals surface area (Å²) in [4.78, 5) is 16.2. The van der Waals surface area contributed by atoms with Gasteiger partial charge in [-0.1, -0.05) is 0 Å². The van der Waals surface area contributed by atoms with Crippen LogP contribution in [0.25, 0.3) is 10.9 Å². The summed E-state index contributed by atoms with van der Waals surface area (Å²) in [5.41, 5.74) is 0.220. The second-order valence-electron chi connectivity index (χ2n) is 5.07. The third kappa shape index (κ3) is 3.63. The van der Waals surface area contributed by atoms with Crippen molar-refractivity contribution < 1.29 is 22.7 Å². The van der Waals surface area contributed by atoms with Gasteiger partial charge in [-0.25, -0.2) is 22.9 Å². The molecule has 0 fully saturated rings. The summed E-state index contributed by atoms with van der Waals surface area (Å²) in [6.07, 6.45) is 0. The first kappa shape index (κ1) is 16.6. The molecule has 2 amide bonds. The number of carbonyl (C=O) groups is 1. The lowest BCUT2D eigenvalue weighted by atomic mass is 10.2. The molecule has 0 bridgehead atoms. The molecule has 0 saturated carbocycles. The van der Waals surface area contributed by atoms with E-state index in [0.717, 1.165) is 12.1 Å². The molecule has 0 aliphatic carbocycles. The topological polar surface area (TPSA) is 63.2 Å². The zero-order chi connectivity index (χ0) is 18.0. The standard InChI is InChI=1S/C17H12F3N3O2/c1-25-15-8-16(21-13-4-2-9(18)6-11(13)15)23-17(24)22-14-5-3-10(19)7-12(14)20/h2-8H,1H3,(H2,21,22,23,24). The third-order valence-electron chi connectivity index (χ3n) is 3.37. The number of hydrogen-bond acceptors (Lipinski definition) is 3. The zero-order valence-electron chi connectivity index (χ0n) is 12.9. The number of halogens is 3. The van der Waals surface area contributed by atoms with Crippen LogP contribution in [0, 0.1) is 17.5 Å². The van der Waals surface area contributed by atoms with Gasteiger partial charge in [0.1, 0.15) is 29.0 Å². The van der Waals surface area contributed by atoms with Crippen LogP contribution >= 0.6 is 0 Å². The molecule has 1 aromatic heterocycles. The van der Waals surface area contributed by atoms with E-state index in [9.17, 15) is 18.0 Å². The average molecular weight is 347 g/mol. The van der Waals surface area contributed by atoms with Crippen molar-refractivity contribution in [1.82, 2.24) is 4.98 Å². The molecule has 8 heteroatoms. The highest BCUT2D eigenvalue weighted by Gasteiger charge is 2.12. The highest BCUT2D eigenvalue weighted by Crippen LogP contribution is 2.28. The van der Waals surface area contributed by atoms with Crippen molar-refractivity contribution in [1.29, 1.82) is 0 Å². The first-order valence-corrected chi connectivity index (χ1v) is 7.13. The predicted octanol–water partition coefficient (Wildman–Crippen LogP) is 4.30. The van der Waals surface area contributed by atoms with Gasteiger partial charge in [-0.3, -0.25) is 5.32 Å². The first-order valence-electron chi connectivity index (χ1n) is 7.13. The minimum atomic E-state index is -0.908. The fourth-order valence-electron chi connectivity index (χ4n) is 2.26. The van der Waals surface area contributed by atoms with Crippen LogP contribution in [-0.4, -0.2) is 18.1 Å². The van der Waals surface area contributed by atoms with Gasteiger partial charge in [0.25, 0.3) is 0 Å². The molecule has 5 nitrogen and oxygen atoms in total. The lowest BCUT2D eigenvalue weighted by molar-refractivity contribution is 0.262. The molecule has 0 spiro atoms. The lowest BCUT2D eigenvalue weighted by Crippen LogP contribution is -2.21. The molecular formula is C17H12F3N3O2. The number of rotatable bonds is 3. The van der Waals surface area contributed by atoms with Gasteiger partial charge in [-0.15, -0.1) is 0 Å². The van der Waals surface area contributed by atoms with E-state index in [1.54, 1.807) is 0 Å². The van der Waals surface area contributed by atoms with E-state index in [4.69, 9.17) is 4.74 Å². The van der Waals surface area contributed by atoms with Gasteiger partial charge in [-0.2, -0.15) is 0 Å². The number of amides is 2. The highest BCUT2D eigenvalue weighted by molar-refractivity contribution is 6.00. The Hall–Kier alpha value is -3.29. The molecule has 3 rings (SSSR count). The van der Waals surface area contributed by atoms with Crippen LogP contribution in [0.1, 0.15) is 0 Å². The fourth-order valence-corrected chi connectivity index (χ4v) is 2.26. The molecule has 0 radical (unpaired) electrons. The van der Waals surface area contributed by atoms with Crippen molar-refractivity contribution in [3.05, 3.63) is 59.9 Å². The van der Waals surface area contributed by atoms with E-state index in [2.05, 4.69) is 15.6 Å². The molecule has 0 saturated heterocycles. The maximum Gasteiger partial charge on any atom is 0.324 e. The maximum absolute atomic E-state index is 13.6. The average Bonchev–Trinajstić information content (AvgIpc) is 2.57. The Balaban J connectivity index is 1.84. The van der Waals surface area contributed by atoms with Crippen molar-refractivity contribution in [2.24, 2.45) is 0 Å². The first-order chi connectivity index (χ1) is 12.0. The Kier molecular flexibility index (Phi) is 4.42. The van der Waals surface area contributed by atoms with E-state index < -0.39 is 23.5 Å². The number of methoxy groups -OCH3 is 1. The summed E-state index contributed by atoms with van der Waals surface area (Å²) >= 11 is 0. The smallest absolute Gasteiger partial charge is 0.324 e. The molecule has 0 unspecified atom stereocenters. The number of nitrogens with one attached hydrogen (secondary N) is 2. The zero-order valence-corrected chi connectivity index (χ0v) is 12.9. The summed E-state index contributed by atoms with van der Waals surface area (Å²) < 4.78 is 45.0. The van der Waals surface area contributed by atoms with Gasteiger partial charge >= 0.3 is 6.03 Å². The third-order valence-corrected chi connectivity index (χ3v) is 3.37. The van der Waals surface area contributed by atoms with Gasteiger partial charge < -0.3 is 10.1 Å². The molecule has 2 N–H and O–H groups in total. The van der Waals surface area contributed by atoms with Crippen molar-refractivity contribution in [3.63, 3.8) is 0 Å². The summed E-state index contributed by atoms with van der Waals surface area (Å²) in [7, 11) is 1.40. The number of benzene rings is 2. The number of pyridine rings is 1. The number of carbonyl (C=O) groups excluding carboxylic acids is 1. The van der Waals surface area contributed by atoms with Crippen LogP contribution < -0.4 is 15.4 Å². The summed E-state index contributed by atoms with van der Waals surface area (Å²) in [6.45, 7) is 0. The lowest BCUT2D eigenvalue weighted by Gasteiger charge is -2.11. The largest absolute Gasteiger partial charge is 0.496 e. The normalized spacial score (nSPS) is 10.6. The Morgan fingerprint density at radius 1 is 1.00 bits per heavy atom. The van der Waals surface area contributed by atoms with E-state index in [1.165, 1.54) is 31.4 Å². The number of hydrogen-bond donors (Lipinski definition) is 2. The van der Waals surface area contributed by atoms with Gasteiger partial charge in [0, 0.05) is 17.5 Å². The molecule has 1 heterocycles. The van der Waals surface area contributed by atoms with Crippen molar-refractivity contribution in [2.75, 3.05) is 17.7 Å². The maximum atomic E-state index is 13.6. The summed E-state index contributed by atoms with van der Waals surface area (Å²) in [5.74, 6) is -1.67. The molecule has 0 aliphatic heterocycles. The highest BCUT2D eigenvalue weighted by atomic mass is 19.1. The minimum Gasteiger partial charge on any atom is -0.496 e. The van der Waals surface area contributed by atoms with Crippen LogP contribution in [0.15, 0.2) is 42.5 Å². The van der Waals surface area contributed by atoms with Gasteiger partial charge in [-0.05, 0) is 30.3 Å². The Bertz CT molecular complexity index is 963. The Morgan fingerprint density at radius 2 is 1.72 bits per heavy atom. The summed E-state index contributed by atoms with van der Waals surface area (Å²) in [5, 5.41) is 5.11. The number of aromatic nitrogens is 1. The van der Waals surface area contributed by atoms with Crippen LogP contribution in [0.4, 0.5) is 29.5 Å². The number of nitrogens with zero attached hydrogens (tertiary/aromatic N) is 1. The van der Waals surface area contributed by atoms with Gasteiger partial charge in [0.05, 0.1) is 18.3 Å². The quantitative estimate of drug-likeness (QED) is 0.742. The van der Waals surface area contributed by atoms with Crippen molar-refractivity contribution >= 4 is 28.4 Å².